The molecule has 80 valence electrons. The van der Waals surface area contributed by atoms with Gasteiger partial charge in [0.15, 0.2) is 5.65 Å². The van der Waals surface area contributed by atoms with Crippen LogP contribution < -0.4 is 0 Å². The molecule has 0 atom stereocenters. The maximum atomic E-state index is 4.44. The summed E-state index contributed by atoms with van der Waals surface area (Å²) in [5.74, 6) is 0.800. The highest BCUT2D eigenvalue weighted by atomic mass is 32.2. The summed E-state index contributed by atoms with van der Waals surface area (Å²) in [6.45, 7) is 6.16. The normalized spacial score (nSPS) is 11.5. The molecule has 4 nitrogen and oxygen atoms in total. The molecule has 5 heteroatoms. The summed E-state index contributed by atoms with van der Waals surface area (Å²) in [4.78, 5) is 13.2. The monoisotopic (exact) mass is 222 g/mol. The minimum Gasteiger partial charge on any atom is -0.313 e. The molecular weight excluding hydrogens is 208 g/mol. The smallest absolute Gasteiger partial charge is 0.164 e. The molecule has 0 fully saturated rings. The Morgan fingerprint density at radius 3 is 2.67 bits per heavy atom. The minimum atomic E-state index is 0.374. The first-order chi connectivity index (χ1) is 7.13. The molecule has 0 amide bonds. The molecule has 0 bridgehead atoms. The van der Waals surface area contributed by atoms with Crippen LogP contribution in [0.1, 0.15) is 25.7 Å². The van der Waals surface area contributed by atoms with Crippen molar-refractivity contribution >= 4 is 22.9 Å². The summed E-state index contributed by atoms with van der Waals surface area (Å²) in [6, 6.07) is 0.374. The second-order valence-corrected chi connectivity index (χ2v) is 4.49. The van der Waals surface area contributed by atoms with E-state index in [0.29, 0.717) is 6.04 Å². The van der Waals surface area contributed by atoms with Crippen molar-refractivity contribution in [1.29, 1.82) is 0 Å². The van der Waals surface area contributed by atoms with Crippen LogP contribution in [0.15, 0.2) is 11.4 Å². The van der Waals surface area contributed by atoms with E-state index in [1.54, 1.807) is 11.8 Å². The molecule has 0 aliphatic rings. The van der Waals surface area contributed by atoms with Crippen LogP contribution >= 0.6 is 11.8 Å². The molecule has 0 N–H and O–H groups in total. The number of rotatable bonds is 2. The van der Waals surface area contributed by atoms with E-state index in [1.165, 1.54) is 0 Å². The Hall–Kier alpha value is -1.10. The van der Waals surface area contributed by atoms with Gasteiger partial charge in [-0.1, -0.05) is 0 Å². The SMILES string of the molecule is CSc1nc(C)nc2c1ncn2C(C)C. The van der Waals surface area contributed by atoms with Gasteiger partial charge in [0, 0.05) is 6.04 Å². The number of thioether (sulfide) groups is 1. The van der Waals surface area contributed by atoms with Crippen LogP contribution in [0.25, 0.3) is 11.2 Å². The van der Waals surface area contributed by atoms with Crippen LogP contribution in [0.3, 0.4) is 0 Å². The maximum absolute atomic E-state index is 4.44. The van der Waals surface area contributed by atoms with Gasteiger partial charge in [-0.2, -0.15) is 0 Å². The van der Waals surface area contributed by atoms with Crippen LogP contribution in [-0.2, 0) is 0 Å². The van der Waals surface area contributed by atoms with Gasteiger partial charge < -0.3 is 4.57 Å². The Bertz CT molecular complexity index is 489. The fourth-order valence-electron chi connectivity index (χ4n) is 1.51. The average Bonchev–Trinajstić information content (AvgIpc) is 2.59. The lowest BCUT2D eigenvalue weighted by Gasteiger charge is -2.07. The molecule has 0 saturated carbocycles. The van der Waals surface area contributed by atoms with Crippen molar-refractivity contribution < 1.29 is 0 Å². The van der Waals surface area contributed by atoms with Gasteiger partial charge in [-0.3, -0.25) is 0 Å². The highest BCUT2D eigenvalue weighted by molar-refractivity contribution is 7.98. The quantitative estimate of drug-likeness (QED) is 0.578. The first kappa shape index (κ1) is 10.4. The fourth-order valence-corrected chi connectivity index (χ4v) is 2.08. The van der Waals surface area contributed by atoms with Crippen molar-refractivity contribution in [2.75, 3.05) is 6.26 Å². The standard InChI is InChI=1S/C10H14N4S/c1-6(2)14-5-11-8-9(14)12-7(3)13-10(8)15-4/h5-6H,1-4H3. The van der Waals surface area contributed by atoms with Crippen LogP contribution in [0.2, 0.25) is 0 Å². The second kappa shape index (κ2) is 3.81. The maximum Gasteiger partial charge on any atom is 0.164 e. The van der Waals surface area contributed by atoms with E-state index in [4.69, 9.17) is 0 Å². The summed E-state index contributed by atoms with van der Waals surface area (Å²) in [7, 11) is 0. The van der Waals surface area contributed by atoms with E-state index in [0.717, 1.165) is 22.0 Å². The summed E-state index contributed by atoms with van der Waals surface area (Å²) < 4.78 is 2.07. The van der Waals surface area contributed by atoms with Crippen LogP contribution in [0, 0.1) is 6.92 Å². The molecule has 2 heterocycles. The molecule has 0 aromatic carbocycles. The van der Waals surface area contributed by atoms with Crippen molar-refractivity contribution in [2.45, 2.75) is 31.8 Å². The summed E-state index contributed by atoms with van der Waals surface area (Å²) in [5, 5.41) is 0.955. The molecule has 2 aromatic heterocycles. The zero-order valence-corrected chi connectivity index (χ0v) is 10.2. The molecule has 0 unspecified atom stereocenters. The molecule has 2 aromatic rings. The van der Waals surface area contributed by atoms with E-state index in [-0.39, 0.29) is 0 Å². The second-order valence-electron chi connectivity index (χ2n) is 3.70. The lowest BCUT2D eigenvalue weighted by Crippen LogP contribution is -2.01. The number of aromatic nitrogens is 4. The van der Waals surface area contributed by atoms with Gasteiger partial charge in [0.1, 0.15) is 16.4 Å². The number of imidazole rings is 1. The van der Waals surface area contributed by atoms with E-state index < -0.39 is 0 Å². The topological polar surface area (TPSA) is 43.6 Å². The van der Waals surface area contributed by atoms with E-state index >= 15 is 0 Å². The van der Waals surface area contributed by atoms with Crippen LogP contribution in [0.5, 0.6) is 0 Å². The largest absolute Gasteiger partial charge is 0.313 e. The zero-order chi connectivity index (χ0) is 11.0. The first-order valence-electron chi connectivity index (χ1n) is 4.88. The third-order valence-electron chi connectivity index (χ3n) is 2.25. The van der Waals surface area contributed by atoms with Gasteiger partial charge in [0.2, 0.25) is 0 Å². The Kier molecular flexibility index (Phi) is 2.65. The average molecular weight is 222 g/mol. The van der Waals surface area contributed by atoms with E-state index in [9.17, 15) is 0 Å². The molecule has 0 saturated heterocycles. The summed E-state index contributed by atoms with van der Waals surface area (Å²) >= 11 is 1.61. The van der Waals surface area contributed by atoms with Crippen LogP contribution in [0.4, 0.5) is 0 Å². The summed E-state index contributed by atoms with van der Waals surface area (Å²) in [6.07, 6.45) is 3.85. The molecular formula is C10H14N4S. The molecule has 0 aliphatic heterocycles. The zero-order valence-electron chi connectivity index (χ0n) is 9.35. The highest BCUT2D eigenvalue weighted by Crippen LogP contribution is 2.23. The van der Waals surface area contributed by atoms with Gasteiger partial charge >= 0.3 is 0 Å². The third-order valence-corrected chi connectivity index (χ3v) is 2.92. The predicted octanol–water partition coefficient (Wildman–Crippen LogP) is 2.44. The Labute approximate surface area is 93.1 Å². The van der Waals surface area contributed by atoms with E-state index in [1.807, 2.05) is 19.5 Å². The Morgan fingerprint density at radius 1 is 1.33 bits per heavy atom. The van der Waals surface area contributed by atoms with Crippen LogP contribution in [-0.4, -0.2) is 25.8 Å². The van der Waals surface area contributed by atoms with E-state index in [2.05, 4.69) is 33.4 Å². The third kappa shape index (κ3) is 1.71. The molecule has 0 aliphatic carbocycles. The molecule has 0 radical (unpaired) electrons. The Morgan fingerprint density at radius 2 is 2.07 bits per heavy atom. The number of hydrogen-bond donors (Lipinski definition) is 0. The predicted molar refractivity (Wildman–Crippen MR) is 62.2 cm³/mol. The van der Waals surface area contributed by atoms with Crippen molar-refractivity contribution in [3.05, 3.63) is 12.2 Å². The minimum absolute atomic E-state index is 0.374. The first-order valence-corrected chi connectivity index (χ1v) is 6.11. The number of fused-ring (bicyclic) bond motifs is 1. The van der Waals surface area contributed by atoms with Crippen molar-refractivity contribution in [3.8, 4) is 0 Å². The van der Waals surface area contributed by atoms with Gasteiger partial charge in [-0.05, 0) is 27.0 Å². The lowest BCUT2D eigenvalue weighted by molar-refractivity contribution is 0.612. The van der Waals surface area contributed by atoms with Crippen molar-refractivity contribution in [1.82, 2.24) is 19.5 Å². The number of hydrogen-bond acceptors (Lipinski definition) is 4. The Balaban J connectivity index is 2.75. The number of nitrogens with zero attached hydrogens (tertiary/aromatic N) is 4. The molecule has 15 heavy (non-hydrogen) atoms. The van der Waals surface area contributed by atoms with Gasteiger partial charge in [0.25, 0.3) is 0 Å². The number of aryl methyl sites for hydroxylation is 1. The highest BCUT2D eigenvalue weighted by Gasteiger charge is 2.12. The lowest BCUT2D eigenvalue weighted by atomic mass is 10.4. The fraction of sp³-hybridized carbons (Fsp3) is 0.500. The molecule has 0 spiro atoms. The van der Waals surface area contributed by atoms with Gasteiger partial charge in [-0.25, -0.2) is 15.0 Å². The van der Waals surface area contributed by atoms with Crippen molar-refractivity contribution in [3.63, 3.8) is 0 Å². The van der Waals surface area contributed by atoms with Gasteiger partial charge in [0.05, 0.1) is 6.33 Å². The van der Waals surface area contributed by atoms with Gasteiger partial charge in [-0.15, -0.1) is 11.8 Å². The molecule has 2 rings (SSSR count). The summed E-state index contributed by atoms with van der Waals surface area (Å²) in [5.41, 5.74) is 1.84. The van der Waals surface area contributed by atoms with Crippen molar-refractivity contribution in [2.24, 2.45) is 0 Å².